The molecule has 2 aliphatic rings. The van der Waals surface area contributed by atoms with Crippen molar-refractivity contribution in [1.29, 1.82) is 0 Å². The molecule has 0 bridgehead atoms. The summed E-state index contributed by atoms with van der Waals surface area (Å²) in [6, 6.07) is 5.83. The van der Waals surface area contributed by atoms with Gasteiger partial charge in [0.25, 0.3) is 0 Å². The van der Waals surface area contributed by atoms with Crippen molar-refractivity contribution in [2.24, 2.45) is 0 Å². The second-order valence-corrected chi connectivity index (χ2v) is 6.66. The van der Waals surface area contributed by atoms with E-state index in [1.54, 1.807) is 35.8 Å². The van der Waals surface area contributed by atoms with Crippen LogP contribution in [0.1, 0.15) is 18.4 Å². The van der Waals surface area contributed by atoms with Crippen molar-refractivity contribution in [3.8, 4) is 6.01 Å². The summed E-state index contributed by atoms with van der Waals surface area (Å²) < 4.78 is 11.8. The predicted molar refractivity (Wildman–Crippen MR) is 92.4 cm³/mol. The number of hydrogen-bond donors (Lipinski definition) is 1. The van der Waals surface area contributed by atoms with Crippen molar-refractivity contribution < 1.29 is 14.3 Å². The summed E-state index contributed by atoms with van der Waals surface area (Å²) in [4.78, 5) is 26.4. The molecule has 0 radical (unpaired) electrons. The maximum atomic E-state index is 12.4. The van der Waals surface area contributed by atoms with E-state index in [9.17, 15) is 4.79 Å². The summed E-state index contributed by atoms with van der Waals surface area (Å²) in [5.74, 6) is 0. The Kier molecular flexibility index (Phi) is 4.66. The highest BCUT2D eigenvalue weighted by molar-refractivity contribution is 5.74. The van der Waals surface area contributed by atoms with Crippen molar-refractivity contribution in [3.05, 3.63) is 48.5 Å². The normalized spacial score (nSPS) is 24.8. The molecule has 1 spiro atoms. The third-order valence-electron chi connectivity index (χ3n) is 4.76. The molecular weight excluding hydrogens is 334 g/mol. The topological polar surface area (TPSA) is 89.5 Å². The standard InChI is InChI=1S/C18H21N5O3/c24-17(22-11-14-3-1-5-19-10-14)23-8-4-18(13-23)9-15(12-25-18)26-16-20-6-2-7-21-16/h1-3,5-7,10,15H,4,8-9,11-13H2,(H,22,24). The van der Waals surface area contributed by atoms with Gasteiger partial charge in [-0.2, -0.15) is 0 Å². The number of carbonyl (C=O) groups excluding carboxylic acids is 1. The molecule has 8 heteroatoms. The minimum atomic E-state index is -0.328. The van der Waals surface area contributed by atoms with Crippen LogP contribution in [-0.4, -0.2) is 57.3 Å². The Bertz CT molecular complexity index is 745. The van der Waals surface area contributed by atoms with Gasteiger partial charge in [0.05, 0.1) is 18.8 Å². The minimum Gasteiger partial charge on any atom is -0.458 e. The van der Waals surface area contributed by atoms with Crippen LogP contribution in [0.4, 0.5) is 4.79 Å². The lowest BCUT2D eigenvalue weighted by atomic mass is 9.98. The number of likely N-dealkylation sites (tertiary alicyclic amines) is 1. The number of pyridine rings is 1. The van der Waals surface area contributed by atoms with Crippen LogP contribution in [0.15, 0.2) is 43.0 Å². The molecule has 26 heavy (non-hydrogen) atoms. The van der Waals surface area contributed by atoms with Gasteiger partial charge in [-0.3, -0.25) is 4.98 Å². The molecule has 0 aliphatic carbocycles. The minimum absolute atomic E-state index is 0.0786. The van der Waals surface area contributed by atoms with Crippen molar-refractivity contribution in [1.82, 2.24) is 25.2 Å². The molecule has 8 nitrogen and oxygen atoms in total. The van der Waals surface area contributed by atoms with Gasteiger partial charge >= 0.3 is 12.0 Å². The third kappa shape index (κ3) is 3.75. The summed E-state index contributed by atoms with van der Waals surface area (Å²) >= 11 is 0. The van der Waals surface area contributed by atoms with E-state index in [1.165, 1.54) is 0 Å². The first-order valence-corrected chi connectivity index (χ1v) is 8.72. The first-order chi connectivity index (χ1) is 12.7. The van der Waals surface area contributed by atoms with Crippen molar-refractivity contribution in [2.45, 2.75) is 31.1 Å². The Morgan fingerprint density at radius 1 is 1.35 bits per heavy atom. The zero-order valence-corrected chi connectivity index (χ0v) is 14.4. The molecule has 2 atom stereocenters. The summed E-state index contributed by atoms with van der Waals surface area (Å²) in [5.41, 5.74) is 0.647. The van der Waals surface area contributed by atoms with E-state index in [0.717, 1.165) is 18.4 Å². The summed E-state index contributed by atoms with van der Waals surface area (Å²) in [7, 11) is 0. The first-order valence-electron chi connectivity index (χ1n) is 8.72. The van der Waals surface area contributed by atoms with Gasteiger partial charge in [0.15, 0.2) is 0 Å². The van der Waals surface area contributed by atoms with Crippen LogP contribution in [0.3, 0.4) is 0 Å². The van der Waals surface area contributed by atoms with Gasteiger partial charge in [-0.15, -0.1) is 0 Å². The van der Waals surface area contributed by atoms with Gasteiger partial charge in [0.1, 0.15) is 6.10 Å². The summed E-state index contributed by atoms with van der Waals surface area (Å²) in [5, 5.41) is 2.94. The van der Waals surface area contributed by atoms with E-state index < -0.39 is 0 Å². The average Bonchev–Trinajstić information content (AvgIpc) is 3.28. The van der Waals surface area contributed by atoms with Crippen molar-refractivity contribution in [2.75, 3.05) is 19.7 Å². The molecule has 0 saturated carbocycles. The molecule has 2 aromatic heterocycles. The van der Waals surface area contributed by atoms with Crippen LogP contribution < -0.4 is 10.1 Å². The number of ether oxygens (including phenoxy) is 2. The third-order valence-corrected chi connectivity index (χ3v) is 4.76. The Labute approximate surface area is 151 Å². The average molecular weight is 355 g/mol. The molecule has 0 aromatic carbocycles. The molecule has 136 valence electrons. The molecule has 4 heterocycles. The number of nitrogens with one attached hydrogen (secondary N) is 1. The van der Waals surface area contributed by atoms with Gasteiger partial charge in [-0.1, -0.05) is 6.07 Å². The highest BCUT2D eigenvalue weighted by Gasteiger charge is 2.47. The number of nitrogens with zero attached hydrogens (tertiary/aromatic N) is 4. The van der Waals surface area contributed by atoms with Gasteiger partial charge in [-0.25, -0.2) is 14.8 Å². The molecule has 2 amide bonds. The molecule has 2 saturated heterocycles. The maximum Gasteiger partial charge on any atom is 0.317 e. The molecule has 2 aromatic rings. The predicted octanol–water partition coefficient (Wildman–Crippen LogP) is 1.39. The van der Waals surface area contributed by atoms with E-state index in [-0.39, 0.29) is 17.7 Å². The van der Waals surface area contributed by atoms with Gasteiger partial charge in [0, 0.05) is 44.3 Å². The second kappa shape index (κ2) is 7.25. The smallest absolute Gasteiger partial charge is 0.317 e. The highest BCUT2D eigenvalue weighted by Crippen LogP contribution is 2.36. The zero-order valence-electron chi connectivity index (χ0n) is 14.4. The van der Waals surface area contributed by atoms with Gasteiger partial charge < -0.3 is 19.7 Å². The van der Waals surface area contributed by atoms with Crippen LogP contribution >= 0.6 is 0 Å². The lowest BCUT2D eigenvalue weighted by molar-refractivity contribution is 0.0120. The Balaban J connectivity index is 1.28. The van der Waals surface area contributed by atoms with Gasteiger partial charge in [0.2, 0.25) is 0 Å². The zero-order chi connectivity index (χ0) is 17.8. The fourth-order valence-electron chi connectivity index (χ4n) is 3.47. The van der Waals surface area contributed by atoms with Gasteiger partial charge in [-0.05, 0) is 24.1 Å². The quantitative estimate of drug-likeness (QED) is 0.892. The van der Waals surface area contributed by atoms with Crippen molar-refractivity contribution >= 4 is 6.03 Å². The Morgan fingerprint density at radius 2 is 2.23 bits per heavy atom. The lowest BCUT2D eigenvalue weighted by Gasteiger charge is -2.23. The number of carbonyl (C=O) groups is 1. The highest BCUT2D eigenvalue weighted by atomic mass is 16.6. The van der Waals surface area contributed by atoms with Crippen LogP contribution in [0.2, 0.25) is 0 Å². The molecule has 2 aliphatic heterocycles. The molecule has 1 N–H and O–H groups in total. The number of hydrogen-bond acceptors (Lipinski definition) is 6. The summed E-state index contributed by atoms with van der Waals surface area (Å²) in [6.07, 6.45) is 8.22. The molecule has 4 rings (SSSR count). The molecule has 2 unspecified atom stereocenters. The lowest BCUT2D eigenvalue weighted by Crippen LogP contribution is -2.41. The fourth-order valence-corrected chi connectivity index (χ4v) is 3.47. The van der Waals surface area contributed by atoms with E-state index >= 15 is 0 Å². The van der Waals surface area contributed by atoms with Crippen LogP contribution in [0.25, 0.3) is 0 Å². The van der Waals surface area contributed by atoms with E-state index in [1.807, 2.05) is 12.1 Å². The SMILES string of the molecule is O=C(NCc1cccnc1)N1CCC2(CC(Oc3ncccn3)CO2)C1. The monoisotopic (exact) mass is 355 g/mol. The van der Waals surface area contributed by atoms with Crippen LogP contribution in [-0.2, 0) is 11.3 Å². The van der Waals surface area contributed by atoms with Crippen LogP contribution in [0, 0.1) is 0 Å². The molecule has 2 fully saturated rings. The fraction of sp³-hybridized carbons (Fsp3) is 0.444. The number of amides is 2. The first kappa shape index (κ1) is 16.7. The number of urea groups is 1. The number of aromatic nitrogens is 3. The molecular formula is C18H21N5O3. The largest absolute Gasteiger partial charge is 0.458 e. The maximum absolute atomic E-state index is 12.4. The summed E-state index contributed by atoms with van der Waals surface area (Å²) in [6.45, 7) is 2.20. The van der Waals surface area contributed by atoms with E-state index in [0.29, 0.717) is 32.3 Å². The van der Waals surface area contributed by atoms with Crippen molar-refractivity contribution in [3.63, 3.8) is 0 Å². The number of rotatable bonds is 4. The Hall–Kier alpha value is -2.74. The van der Waals surface area contributed by atoms with E-state index in [4.69, 9.17) is 9.47 Å². The second-order valence-electron chi connectivity index (χ2n) is 6.66. The van der Waals surface area contributed by atoms with Crippen LogP contribution in [0.5, 0.6) is 6.01 Å². The Morgan fingerprint density at radius 3 is 3.04 bits per heavy atom. The van der Waals surface area contributed by atoms with E-state index in [2.05, 4.69) is 20.3 Å².